The van der Waals surface area contributed by atoms with Gasteiger partial charge in [0.1, 0.15) is 5.75 Å². The maximum atomic E-state index is 12.4. The van der Waals surface area contributed by atoms with E-state index in [-0.39, 0.29) is 5.91 Å². The molecule has 4 nitrogen and oxygen atoms in total. The van der Waals surface area contributed by atoms with E-state index < -0.39 is 0 Å². The standard InChI is InChI=1S/C16H22N2O2S/c1-20-14-3-2-4-15(9-14)21-11-16(19)18-8-7-12-5-6-13(10-18)17-12/h2-4,9,12-13,17H,5-8,10-11H2,1H3. The van der Waals surface area contributed by atoms with Crippen LogP contribution in [0.3, 0.4) is 0 Å². The molecule has 1 amide bonds. The molecular weight excluding hydrogens is 284 g/mol. The summed E-state index contributed by atoms with van der Waals surface area (Å²) >= 11 is 1.59. The van der Waals surface area contributed by atoms with Gasteiger partial charge in [-0.2, -0.15) is 0 Å². The summed E-state index contributed by atoms with van der Waals surface area (Å²) < 4.78 is 5.21. The zero-order chi connectivity index (χ0) is 14.7. The van der Waals surface area contributed by atoms with Gasteiger partial charge >= 0.3 is 0 Å². The lowest BCUT2D eigenvalue weighted by Gasteiger charge is -2.24. The van der Waals surface area contributed by atoms with Crippen molar-refractivity contribution < 1.29 is 9.53 Å². The Kier molecular flexibility index (Phi) is 4.70. The van der Waals surface area contributed by atoms with Gasteiger partial charge in [-0.1, -0.05) is 6.07 Å². The second kappa shape index (κ2) is 6.71. The van der Waals surface area contributed by atoms with Crippen LogP contribution in [0.1, 0.15) is 19.3 Å². The fourth-order valence-corrected chi connectivity index (χ4v) is 3.94. The SMILES string of the molecule is COc1cccc(SCC(=O)N2CCC3CCC(C2)N3)c1. The van der Waals surface area contributed by atoms with Crippen molar-refractivity contribution in [3.8, 4) is 5.75 Å². The summed E-state index contributed by atoms with van der Waals surface area (Å²) in [4.78, 5) is 15.5. The smallest absolute Gasteiger partial charge is 0.232 e. The van der Waals surface area contributed by atoms with Crippen LogP contribution in [0.4, 0.5) is 0 Å². The Morgan fingerprint density at radius 3 is 3.10 bits per heavy atom. The van der Waals surface area contributed by atoms with Gasteiger partial charge in [-0.05, 0) is 37.5 Å². The van der Waals surface area contributed by atoms with E-state index in [1.54, 1.807) is 18.9 Å². The van der Waals surface area contributed by atoms with Gasteiger partial charge < -0.3 is 15.0 Å². The summed E-state index contributed by atoms with van der Waals surface area (Å²) in [6.45, 7) is 1.76. The Morgan fingerprint density at radius 1 is 1.38 bits per heavy atom. The average molecular weight is 306 g/mol. The van der Waals surface area contributed by atoms with Crippen LogP contribution in [0.15, 0.2) is 29.2 Å². The first-order valence-electron chi connectivity index (χ1n) is 7.55. The number of hydrogen-bond donors (Lipinski definition) is 1. The quantitative estimate of drug-likeness (QED) is 0.866. The van der Waals surface area contributed by atoms with Crippen LogP contribution in [0.25, 0.3) is 0 Å². The number of methoxy groups -OCH3 is 1. The average Bonchev–Trinajstić information content (AvgIpc) is 2.84. The van der Waals surface area contributed by atoms with Gasteiger partial charge in [0.15, 0.2) is 0 Å². The Bertz CT molecular complexity index is 509. The van der Waals surface area contributed by atoms with E-state index in [2.05, 4.69) is 5.32 Å². The van der Waals surface area contributed by atoms with Crippen molar-refractivity contribution in [2.75, 3.05) is 26.0 Å². The molecule has 1 N–H and O–H groups in total. The topological polar surface area (TPSA) is 41.6 Å². The predicted molar refractivity (Wildman–Crippen MR) is 84.9 cm³/mol. The molecule has 2 aliphatic heterocycles. The highest BCUT2D eigenvalue weighted by Crippen LogP contribution is 2.24. The molecular formula is C16H22N2O2S. The van der Waals surface area contributed by atoms with Gasteiger partial charge in [-0.25, -0.2) is 0 Å². The van der Waals surface area contributed by atoms with E-state index in [9.17, 15) is 4.79 Å². The predicted octanol–water partition coefficient (Wildman–Crippen LogP) is 2.14. The number of nitrogens with zero attached hydrogens (tertiary/aromatic N) is 1. The molecule has 5 heteroatoms. The molecule has 2 unspecified atom stereocenters. The second-order valence-corrected chi connectivity index (χ2v) is 6.78. The van der Waals surface area contributed by atoms with E-state index >= 15 is 0 Å². The zero-order valence-corrected chi connectivity index (χ0v) is 13.2. The van der Waals surface area contributed by atoms with Gasteiger partial charge in [0.2, 0.25) is 5.91 Å². The minimum atomic E-state index is 0.247. The lowest BCUT2D eigenvalue weighted by atomic mass is 10.1. The molecule has 114 valence electrons. The second-order valence-electron chi connectivity index (χ2n) is 5.73. The minimum Gasteiger partial charge on any atom is -0.497 e. The molecule has 1 aromatic carbocycles. The molecule has 21 heavy (non-hydrogen) atoms. The number of amides is 1. The molecule has 2 atom stereocenters. The molecule has 3 rings (SSSR count). The van der Waals surface area contributed by atoms with Gasteiger partial charge in [0, 0.05) is 30.1 Å². The van der Waals surface area contributed by atoms with Gasteiger partial charge in [0.05, 0.1) is 12.9 Å². The minimum absolute atomic E-state index is 0.247. The third kappa shape index (κ3) is 3.71. The molecule has 2 aliphatic rings. The van der Waals surface area contributed by atoms with E-state index in [0.29, 0.717) is 17.8 Å². The molecule has 2 bridgehead atoms. The van der Waals surface area contributed by atoms with Crippen molar-refractivity contribution >= 4 is 17.7 Å². The number of carbonyl (C=O) groups is 1. The van der Waals surface area contributed by atoms with Gasteiger partial charge in [0.25, 0.3) is 0 Å². The molecule has 0 aliphatic carbocycles. The summed E-state index contributed by atoms with van der Waals surface area (Å²) in [5, 5.41) is 3.61. The van der Waals surface area contributed by atoms with Crippen LogP contribution in [-0.4, -0.2) is 48.8 Å². The number of likely N-dealkylation sites (tertiary alicyclic amines) is 1. The normalized spacial score (nSPS) is 24.7. The first kappa shape index (κ1) is 14.7. The maximum absolute atomic E-state index is 12.4. The molecule has 0 saturated carbocycles. The monoisotopic (exact) mass is 306 g/mol. The number of ether oxygens (including phenoxy) is 1. The summed E-state index contributed by atoms with van der Waals surface area (Å²) in [5.41, 5.74) is 0. The van der Waals surface area contributed by atoms with Crippen LogP contribution in [0, 0.1) is 0 Å². The number of carbonyl (C=O) groups excluding carboxylic acids is 1. The molecule has 0 spiro atoms. The third-order valence-corrected chi connectivity index (χ3v) is 5.26. The number of thioether (sulfide) groups is 1. The fraction of sp³-hybridized carbons (Fsp3) is 0.562. The fourth-order valence-electron chi connectivity index (χ4n) is 3.10. The van der Waals surface area contributed by atoms with Crippen molar-refractivity contribution in [1.82, 2.24) is 10.2 Å². The van der Waals surface area contributed by atoms with E-state index in [1.807, 2.05) is 29.2 Å². The molecule has 2 fully saturated rings. The Morgan fingerprint density at radius 2 is 2.24 bits per heavy atom. The van der Waals surface area contributed by atoms with Crippen molar-refractivity contribution in [2.45, 2.75) is 36.2 Å². The number of hydrogen-bond acceptors (Lipinski definition) is 4. The van der Waals surface area contributed by atoms with E-state index in [1.165, 1.54) is 12.8 Å². The van der Waals surface area contributed by atoms with Crippen molar-refractivity contribution in [3.63, 3.8) is 0 Å². The first-order valence-corrected chi connectivity index (χ1v) is 8.54. The van der Waals surface area contributed by atoms with Crippen molar-refractivity contribution in [2.24, 2.45) is 0 Å². The number of nitrogens with one attached hydrogen (secondary N) is 1. The van der Waals surface area contributed by atoms with Gasteiger partial charge in [-0.15, -0.1) is 11.8 Å². The molecule has 2 saturated heterocycles. The number of benzene rings is 1. The van der Waals surface area contributed by atoms with Gasteiger partial charge in [-0.3, -0.25) is 4.79 Å². The number of rotatable bonds is 4. The van der Waals surface area contributed by atoms with Crippen LogP contribution in [0.2, 0.25) is 0 Å². The molecule has 0 aromatic heterocycles. The highest BCUT2D eigenvalue weighted by atomic mass is 32.2. The highest BCUT2D eigenvalue weighted by Gasteiger charge is 2.30. The molecule has 2 heterocycles. The van der Waals surface area contributed by atoms with E-state index in [4.69, 9.17) is 4.74 Å². The van der Waals surface area contributed by atoms with Crippen LogP contribution in [0.5, 0.6) is 5.75 Å². The first-order chi connectivity index (χ1) is 10.2. The Hall–Kier alpha value is -1.20. The largest absolute Gasteiger partial charge is 0.497 e. The number of fused-ring (bicyclic) bond motifs is 2. The van der Waals surface area contributed by atoms with Crippen molar-refractivity contribution in [3.05, 3.63) is 24.3 Å². The van der Waals surface area contributed by atoms with Crippen LogP contribution < -0.4 is 10.1 Å². The Labute approximate surface area is 130 Å². The van der Waals surface area contributed by atoms with E-state index in [0.717, 1.165) is 30.2 Å². The maximum Gasteiger partial charge on any atom is 0.232 e. The molecule has 0 radical (unpaired) electrons. The Balaban J connectivity index is 1.53. The summed E-state index contributed by atoms with van der Waals surface area (Å²) in [6.07, 6.45) is 3.56. The summed E-state index contributed by atoms with van der Waals surface area (Å²) in [5.74, 6) is 1.59. The van der Waals surface area contributed by atoms with Crippen LogP contribution in [-0.2, 0) is 4.79 Å². The molecule has 1 aromatic rings. The lowest BCUT2D eigenvalue weighted by molar-refractivity contribution is -0.128. The summed E-state index contributed by atoms with van der Waals surface area (Å²) in [6, 6.07) is 9.00. The van der Waals surface area contributed by atoms with Crippen LogP contribution >= 0.6 is 11.8 Å². The third-order valence-electron chi connectivity index (χ3n) is 4.28. The lowest BCUT2D eigenvalue weighted by Crippen LogP contribution is -2.39. The summed E-state index contributed by atoms with van der Waals surface area (Å²) in [7, 11) is 1.66. The van der Waals surface area contributed by atoms with Crippen molar-refractivity contribution in [1.29, 1.82) is 0 Å². The highest BCUT2D eigenvalue weighted by molar-refractivity contribution is 8.00. The zero-order valence-electron chi connectivity index (χ0n) is 12.4.